The van der Waals surface area contributed by atoms with Gasteiger partial charge in [-0.15, -0.1) is 11.8 Å². The van der Waals surface area contributed by atoms with Crippen molar-refractivity contribution < 1.29 is 4.74 Å². The summed E-state index contributed by atoms with van der Waals surface area (Å²) in [7, 11) is 1.88. The Labute approximate surface area is 123 Å². The van der Waals surface area contributed by atoms with Gasteiger partial charge < -0.3 is 10.1 Å². The van der Waals surface area contributed by atoms with E-state index < -0.39 is 0 Å². The number of hydrogen-bond acceptors (Lipinski definition) is 4. The largest absolute Gasteiger partial charge is 0.455 e. The van der Waals surface area contributed by atoms with Crippen molar-refractivity contribution in [2.75, 3.05) is 13.3 Å². The highest BCUT2D eigenvalue weighted by Crippen LogP contribution is 2.32. The van der Waals surface area contributed by atoms with Crippen LogP contribution in [0.25, 0.3) is 0 Å². The zero-order valence-electron chi connectivity index (χ0n) is 11.5. The molecule has 0 aliphatic heterocycles. The number of benzene rings is 2. The molecule has 1 N–H and O–H groups in total. The van der Waals surface area contributed by atoms with Crippen LogP contribution in [-0.4, -0.2) is 13.3 Å². The molecule has 0 heterocycles. The van der Waals surface area contributed by atoms with E-state index in [4.69, 9.17) is 4.74 Å². The van der Waals surface area contributed by atoms with Crippen LogP contribution in [-0.2, 0) is 6.54 Å². The Morgan fingerprint density at radius 1 is 1.20 bits per heavy atom. The molecule has 0 radical (unpaired) electrons. The number of nitrogens with zero attached hydrogens (tertiary/aromatic N) is 1. The summed E-state index contributed by atoms with van der Waals surface area (Å²) >= 11 is 1.62. The van der Waals surface area contributed by atoms with Gasteiger partial charge in [0.2, 0.25) is 0 Å². The Kier molecular flexibility index (Phi) is 5.05. The second-order valence-corrected chi connectivity index (χ2v) is 5.07. The Morgan fingerprint density at radius 3 is 2.70 bits per heavy atom. The van der Waals surface area contributed by atoms with E-state index in [9.17, 15) is 5.26 Å². The topological polar surface area (TPSA) is 45.0 Å². The molecule has 0 atom stereocenters. The highest BCUT2D eigenvalue weighted by atomic mass is 32.2. The summed E-state index contributed by atoms with van der Waals surface area (Å²) in [6.07, 6.45) is 2.00. The van der Waals surface area contributed by atoms with Crippen molar-refractivity contribution in [1.29, 1.82) is 5.26 Å². The number of nitrogens with one attached hydrogen (secondary N) is 1. The van der Waals surface area contributed by atoms with Gasteiger partial charge in [0.1, 0.15) is 17.6 Å². The van der Waals surface area contributed by atoms with Gasteiger partial charge in [0.05, 0.1) is 5.56 Å². The molecule has 2 aromatic carbocycles. The van der Waals surface area contributed by atoms with E-state index in [2.05, 4.69) is 11.4 Å². The van der Waals surface area contributed by atoms with Gasteiger partial charge in [-0.3, -0.25) is 0 Å². The number of hydrogen-bond donors (Lipinski definition) is 1. The minimum absolute atomic E-state index is 0.550. The van der Waals surface area contributed by atoms with Crippen molar-refractivity contribution >= 4 is 11.8 Å². The zero-order chi connectivity index (χ0) is 14.4. The van der Waals surface area contributed by atoms with Crippen LogP contribution in [0, 0.1) is 11.3 Å². The third kappa shape index (κ3) is 3.32. The smallest absolute Gasteiger partial charge is 0.145 e. The predicted octanol–water partition coefficient (Wildman–Crippen LogP) is 3.79. The predicted molar refractivity (Wildman–Crippen MR) is 82.2 cm³/mol. The van der Waals surface area contributed by atoms with E-state index >= 15 is 0 Å². The van der Waals surface area contributed by atoms with Gasteiger partial charge in [-0.05, 0) is 43.1 Å². The molecule has 0 fully saturated rings. The summed E-state index contributed by atoms with van der Waals surface area (Å²) in [5, 5.41) is 12.3. The fraction of sp³-hybridized carbons (Fsp3) is 0.188. The molecule has 0 amide bonds. The SMILES string of the molecule is CNCc1ccc(Oc2ccccc2SC)c(C#N)c1. The van der Waals surface area contributed by atoms with E-state index in [0.717, 1.165) is 22.8 Å². The maximum atomic E-state index is 9.26. The maximum Gasteiger partial charge on any atom is 0.145 e. The molecule has 4 heteroatoms. The molecule has 20 heavy (non-hydrogen) atoms. The Balaban J connectivity index is 2.31. The Bertz CT molecular complexity index is 635. The summed E-state index contributed by atoms with van der Waals surface area (Å²) in [4.78, 5) is 1.05. The van der Waals surface area contributed by atoms with Crippen molar-refractivity contribution in [1.82, 2.24) is 5.32 Å². The lowest BCUT2D eigenvalue weighted by atomic mass is 10.1. The van der Waals surface area contributed by atoms with Crippen LogP contribution < -0.4 is 10.1 Å². The first-order chi connectivity index (χ1) is 9.78. The van der Waals surface area contributed by atoms with Crippen molar-refractivity contribution in [2.45, 2.75) is 11.4 Å². The lowest BCUT2D eigenvalue weighted by molar-refractivity contribution is 0.469. The van der Waals surface area contributed by atoms with Crippen LogP contribution in [0.5, 0.6) is 11.5 Å². The molecule has 102 valence electrons. The van der Waals surface area contributed by atoms with Gasteiger partial charge in [-0.1, -0.05) is 18.2 Å². The zero-order valence-corrected chi connectivity index (χ0v) is 12.3. The number of nitriles is 1. The molecule has 0 aliphatic carbocycles. The van der Waals surface area contributed by atoms with Crippen LogP contribution in [0.4, 0.5) is 0 Å². The molecule has 0 aliphatic rings. The first kappa shape index (κ1) is 14.4. The second-order valence-electron chi connectivity index (χ2n) is 4.23. The highest BCUT2D eigenvalue weighted by Gasteiger charge is 2.08. The molecule has 0 unspecified atom stereocenters. The average molecular weight is 284 g/mol. The standard InChI is InChI=1S/C16H16N2OS/c1-18-11-12-7-8-14(13(9-12)10-17)19-15-5-3-4-6-16(15)20-2/h3-9,18H,11H2,1-2H3. The van der Waals surface area contributed by atoms with E-state index in [1.807, 2.05) is 55.8 Å². The van der Waals surface area contributed by atoms with Crippen LogP contribution >= 0.6 is 11.8 Å². The van der Waals surface area contributed by atoms with Crippen molar-refractivity contribution in [3.8, 4) is 17.6 Å². The van der Waals surface area contributed by atoms with Crippen molar-refractivity contribution in [3.63, 3.8) is 0 Å². The number of para-hydroxylation sites is 1. The monoisotopic (exact) mass is 284 g/mol. The van der Waals surface area contributed by atoms with Crippen LogP contribution in [0.3, 0.4) is 0 Å². The molecule has 3 nitrogen and oxygen atoms in total. The number of ether oxygens (including phenoxy) is 1. The minimum Gasteiger partial charge on any atom is -0.455 e. The van der Waals surface area contributed by atoms with Gasteiger partial charge in [0.25, 0.3) is 0 Å². The average Bonchev–Trinajstić information content (AvgIpc) is 2.49. The van der Waals surface area contributed by atoms with E-state index in [1.54, 1.807) is 11.8 Å². The lowest BCUT2D eigenvalue weighted by Gasteiger charge is -2.11. The quantitative estimate of drug-likeness (QED) is 0.848. The van der Waals surface area contributed by atoms with Crippen LogP contribution in [0.2, 0.25) is 0 Å². The second kappa shape index (κ2) is 6.99. The van der Waals surface area contributed by atoms with E-state index in [-0.39, 0.29) is 0 Å². The van der Waals surface area contributed by atoms with Gasteiger partial charge in [0.15, 0.2) is 0 Å². The van der Waals surface area contributed by atoms with Gasteiger partial charge in [0, 0.05) is 11.4 Å². The molecule has 0 bridgehead atoms. The summed E-state index contributed by atoms with van der Waals surface area (Å²) in [6.45, 7) is 0.732. The minimum atomic E-state index is 0.550. The molecule has 2 rings (SSSR count). The molecule has 0 saturated heterocycles. The van der Waals surface area contributed by atoms with Gasteiger partial charge >= 0.3 is 0 Å². The molecule has 0 aromatic heterocycles. The molecular formula is C16H16N2OS. The molecule has 2 aromatic rings. The first-order valence-corrected chi connectivity index (χ1v) is 7.49. The summed E-state index contributed by atoms with van der Waals surface area (Å²) in [5.74, 6) is 1.37. The highest BCUT2D eigenvalue weighted by molar-refractivity contribution is 7.98. The third-order valence-electron chi connectivity index (χ3n) is 2.83. The van der Waals surface area contributed by atoms with Gasteiger partial charge in [-0.25, -0.2) is 0 Å². The Hall–Kier alpha value is -1.96. The molecular weight excluding hydrogens is 268 g/mol. The fourth-order valence-corrected chi connectivity index (χ4v) is 2.41. The van der Waals surface area contributed by atoms with Gasteiger partial charge in [-0.2, -0.15) is 5.26 Å². The summed E-state index contributed by atoms with van der Waals surface area (Å²) in [6, 6.07) is 15.7. The van der Waals surface area contributed by atoms with Crippen molar-refractivity contribution in [3.05, 3.63) is 53.6 Å². The van der Waals surface area contributed by atoms with E-state index in [0.29, 0.717) is 11.3 Å². The summed E-state index contributed by atoms with van der Waals surface area (Å²) < 4.78 is 5.89. The number of rotatable bonds is 5. The maximum absolute atomic E-state index is 9.26. The summed E-state index contributed by atoms with van der Waals surface area (Å²) in [5.41, 5.74) is 1.61. The fourth-order valence-electron chi connectivity index (χ4n) is 1.89. The lowest BCUT2D eigenvalue weighted by Crippen LogP contribution is -2.05. The normalized spacial score (nSPS) is 10.1. The third-order valence-corrected chi connectivity index (χ3v) is 3.61. The molecule has 0 spiro atoms. The number of thioether (sulfide) groups is 1. The molecule has 0 saturated carbocycles. The first-order valence-electron chi connectivity index (χ1n) is 6.27. The van der Waals surface area contributed by atoms with Crippen molar-refractivity contribution in [2.24, 2.45) is 0 Å². The Morgan fingerprint density at radius 2 is 2.00 bits per heavy atom. The van der Waals surface area contributed by atoms with Crippen LogP contribution in [0.1, 0.15) is 11.1 Å². The van der Waals surface area contributed by atoms with E-state index in [1.165, 1.54) is 0 Å². The van der Waals surface area contributed by atoms with Crippen LogP contribution in [0.15, 0.2) is 47.4 Å².